The van der Waals surface area contributed by atoms with Crippen molar-refractivity contribution in [3.63, 3.8) is 0 Å². The minimum absolute atomic E-state index is 0.0682. The SMILES string of the molecule is CC1(C)CCCC(C(=O)N[C@H](Cc2ccccc2)C(=O)O)C1. The molecule has 1 aliphatic rings. The van der Waals surface area contributed by atoms with E-state index in [-0.39, 0.29) is 17.2 Å². The van der Waals surface area contributed by atoms with Crippen LogP contribution in [0.4, 0.5) is 0 Å². The molecule has 1 fully saturated rings. The van der Waals surface area contributed by atoms with Gasteiger partial charge >= 0.3 is 5.97 Å². The average Bonchev–Trinajstić information content (AvgIpc) is 2.46. The molecule has 1 aromatic carbocycles. The summed E-state index contributed by atoms with van der Waals surface area (Å²) in [5.74, 6) is -1.16. The largest absolute Gasteiger partial charge is 0.480 e. The molecule has 0 spiro atoms. The lowest BCUT2D eigenvalue weighted by molar-refractivity contribution is -0.142. The van der Waals surface area contributed by atoms with Gasteiger partial charge in [-0.1, -0.05) is 50.6 Å². The number of rotatable bonds is 5. The molecule has 2 atom stereocenters. The number of aliphatic carboxylic acids is 1. The molecule has 1 saturated carbocycles. The number of carboxylic acids is 1. The molecule has 4 nitrogen and oxygen atoms in total. The Labute approximate surface area is 131 Å². The number of hydrogen-bond acceptors (Lipinski definition) is 2. The average molecular weight is 303 g/mol. The normalized spacial score (nSPS) is 21.8. The van der Waals surface area contributed by atoms with E-state index in [2.05, 4.69) is 19.2 Å². The molecule has 0 radical (unpaired) electrons. The maximum absolute atomic E-state index is 12.4. The highest BCUT2D eigenvalue weighted by Crippen LogP contribution is 2.38. The lowest BCUT2D eigenvalue weighted by atomic mass is 9.72. The molecule has 1 amide bonds. The molecule has 120 valence electrons. The minimum Gasteiger partial charge on any atom is -0.480 e. The van der Waals surface area contributed by atoms with E-state index in [1.54, 1.807) is 0 Å². The Morgan fingerprint density at radius 2 is 2.00 bits per heavy atom. The zero-order valence-electron chi connectivity index (χ0n) is 13.3. The second-order valence-electron chi connectivity index (χ2n) is 7.05. The van der Waals surface area contributed by atoms with Crippen LogP contribution in [0, 0.1) is 11.3 Å². The number of carbonyl (C=O) groups is 2. The fourth-order valence-electron chi connectivity index (χ4n) is 3.26. The van der Waals surface area contributed by atoms with E-state index >= 15 is 0 Å². The van der Waals surface area contributed by atoms with Crippen molar-refractivity contribution in [2.45, 2.75) is 52.0 Å². The van der Waals surface area contributed by atoms with E-state index in [9.17, 15) is 14.7 Å². The number of carboxylic acid groups (broad SMARTS) is 1. The van der Waals surface area contributed by atoms with Gasteiger partial charge < -0.3 is 10.4 Å². The first-order valence-corrected chi connectivity index (χ1v) is 7.94. The molecule has 2 rings (SSSR count). The molecule has 0 saturated heterocycles. The zero-order chi connectivity index (χ0) is 16.2. The summed E-state index contributed by atoms with van der Waals surface area (Å²) in [6, 6.07) is 8.54. The second kappa shape index (κ2) is 6.95. The molecule has 1 aliphatic carbocycles. The van der Waals surface area contributed by atoms with Gasteiger partial charge in [-0.05, 0) is 30.2 Å². The first-order chi connectivity index (χ1) is 10.4. The Bertz CT molecular complexity index is 524. The van der Waals surface area contributed by atoms with Crippen LogP contribution >= 0.6 is 0 Å². The van der Waals surface area contributed by atoms with Crippen molar-refractivity contribution in [3.8, 4) is 0 Å². The molecular weight excluding hydrogens is 278 g/mol. The summed E-state index contributed by atoms with van der Waals surface area (Å²) in [6.45, 7) is 4.34. The van der Waals surface area contributed by atoms with E-state index < -0.39 is 12.0 Å². The molecule has 0 heterocycles. The second-order valence-corrected chi connectivity index (χ2v) is 7.05. The van der Waals surface area contributed by atoms with Crippen LogP contribution in [0.15, 0.2) is 30.3 Å². The highest BCUT2D eigenvalue weighted by molar-refractivity contribution is 5.85. The van der Waals surface area contributed by atoms with E-state index in [1.165, 1.54) is 0 Å². The monoisotopic (exact) mass is 303 g/mol. The van der Waals surface area contributed by atoms with Crippen LogP contribution in [0.3, 0.4) is 0 Å². The molecule has 22 heavy (non-hydrogen) atoms. The minimum atomic E-state index is -0.979. The van der Waals surface area contributed by atoms with Crippen molar-refractivity contribution in [3.05, 3.63) is 35.9 Å². The summed E-state index contributed by atoms with van der Waals surface area (Å²) < 4.78 is 0. The van der Waals surface area contributed by atoms with Crippen LogP contribution in [0.2, 0.25) is 0 Å². The van der Waals surface area contributed by atoms with Crippen molar-refractivity contribution in [2.75, 3.05) is 0 Å². The van der Waals surface area contributed by atoms with E-state index in [0.717, 1.165) is 31.2 Å². The summed E-state index contributed by atoms with van der Waals surface area (Å²) in [6.07, 6.45) is 4.16. The fourth-order valence-corrected chi connectivity index (χ4v) is 3.26. The smallest absolute Gasteiger partial charge is 0.326 e. The van der Waals surface area contributed by atoms with Crippen LogP contribution in [0.25, 0.3) is 0 Å². The van der Waals surface area contributed by atoms with Crippen molar-refractivity contribution in [1.29, 1.82) is 0 Å². The predicted octanol–water partition coefficient (Wildman–Crippen LogP) is 3.01. The Morgan fingerprint density at radius 1 is 1.32 bits per heavy atom. The molecule has 0 bridgehead atoms. The van der Waals surface area contributed by atoms with Gasteiger partial charge in [0.25, 0.3) is 0 Å². The Morgan fingerprint density at radius 3 is 2.59 bits per heavy atom. The predicted molar refractivity (Wildman–Crippen MR) is 85.5 cm³/mol. The van der Waals surface area contributed by atoms with Crippen molar-refractivity contribution in [1.82, 2.24) is 5.32 Å². The number of benzene rings is 1. The van der Waals surface area contributed by atoms with Crippen LogP contribution in [0.5, 0.6) is 0 Å². The van der Waals surface area contributed by atoms with Gasteiger partial charge in [-0.3, -0.25) is 4.79 Å². The van der Waals surface area contributed by atoms with Crippen LogP contribution in [-0.4, -0.2) is 23.0 Å². The molecule has 4 heteroatoms. The summed E-state index contributed by atoms with van der Waals surface area (Å²) in [5, 5.41) is 12.1. The number of hydrogen-bond donors (Lipinski definition) is 2. The summed E-state index contributed by atoms with van der Waals surface area (Å²) in [4.78, 5) is 23.9. The van der Waals surface area contributed by atoms with Crippen molar-refractivity contribution in [2.24, 2.45) is 11.3 Å². The first kappa shape index (κ1) is 16.5. The van der Waals surface area contributed by atoms with Gasteiger partial charge in [-0.2, -0.15) is 0 Å². The summed E-state index contributed by atoms with van der Waals surface area (Å²) in [5.41, 5.74) is 1.08. The highest BCUT2D eigenvalue weighted by atomic mass is 16.4. The van der Waals surface area contributed by atoms with Crippen molar-refractivity contribution >= 4 is 11.9 Å². The Kier molecular flexibility index (Phi) is 5.22. The standard InChI is InChI=1S/C18H25NO3/c1-18(2)10-6-9-14(12-18)16(20)19-15(17(21)22)11-13-7-4-3-5-8-13/h3-5,7-8,14-15H,6,9-12H2,1-2H3,(H,19,20)(H,21,22)/t14?,15-/m1/s1. The molecule has 2 N–H and O–H groups in total. The maximum Gasteiger partial charge on any atom is 0.326 e. The van der Waals surface area contributed by atoms with Gasteiger partial charge in [0.2, 0.25) is 5.91 Å². The highest BCUT2D eigenvalue weighted by Gasteiger charge is 2.33. The molecular formula is C18H25NO3. The number of amides is 1. The van der Waals surface area contributed by atoms with Gasteiger partial charge in [0.05, 0.1) is 0 Å². The Balaban J connectivity index is 1.98. The van der Waals surface area contributed by atoms with Crippen LogP contribution < -0.4 is 5.32 Å². The van der Waals surface area contributed by atoms with Crippen LogP contribution in [0.1, 0.15) is 45.1 Å². The third-order valence-corrected chi connectivity index (χ3v) is 4.47. The third-order valence-electron chi connectivity index (χ3n) is 4.47. The maximum atomic E-state index is 12.4. The number of nitrogens with one attached hydrogen (secondary N) is 1. The van der Waals surface area contributed by atoms with Gasteiger partial charge in [-0.25, -0.2) is 4.79 Å². The zero-order valence-corrected chi connectivity index (χ0v) is 13.3. The fraction of sp³-hybridized carbons (Fsp3) is 0.556. The van der Waals surface area contributed by atoms with E-state index in [0.29, 0.717) is 6.42 Å². The Hall–Kier alpha value is -1.84. The van der Waals surface area contributed by atoms with Gasteiger partial charge in [-0.15, -0.1) is 0 Å². The van der Waals surface area contributed by atoms with Crippen molar-refractivity contribution < 1.29 is 14.7 Å². The van der Waals surface area contributed by atoms with Gasteiger partial charge in [0.1, 0.15) is 6.04 Å². The molecule has 0 aliphatic heterocycles. The topological polar surface area (TPSA) is 66.4 Å². The first-order valence-electron chi connectivity index (χ1n) is 7.94. The molecule has 1 unspecified atom stereocenters. The number of carbonyl (C=O) groups excluding carboxylic acids is 1. The summed E-state index contributed by atoms with van der Waals surface area (Å²) >= 11 is 0. The van der Waals surface area contributed by atoms with E-state index in [1.807, 2.05) is 30.3 Å². The molecule has 0 aromatic heterocycles. The quantitative estimate of drug-likeness (QED) is 0.878. The lowest BCUT2D eigenvalue weighted by Crippen LogP contribution is -2.46. The van der Waals surface area contributed by atoms with Gasteiger partial charge in [0.15, 0.2) is 0 Å². The molecule has 1 aromatic rings. The van der Waals surface area contributed by atoms with E-state index in [4.69, 9.17) is 0 Å². The lowest BCUT2D eigenvalue weighted by Gasteiger charge is -2.34. The van der Waals surface area contributed by atoms with Gasteiger partial charge in [0, 0.05) is 12.3 Å². The summed E-state index contributed by atoms with van der Waals surface area (Å²) in [7, 11) is 0. The van der Waals surface area contributed by atoms with Crippen LogP contribution in [-0.2, 0) is 16.0 Å². The third kappa shape index (κ3) is 4.58.